The Balaban J connectivity index is 1.25. The number of halogens is 1. The van der Waals surface area contributed by atoms with E-state index in [1.165, 1.54) is 10.9 Å². The number of H-pyrrole nitrogens is 1. The molecule has 2 fully saturated rings. The number of carbonyl (C=O) groups excluding carboxylic acids is 1. The third-order valence-corrected chi connectivity index (χ3v) is 7.46. The molecule has 2 aliphatic rings. The number of aromatic nitrogens is 2. The van der Waals surface area contributed by atoms with Gasteiger partial charge in [0.2, 0.25) is 5.91 Å². The Morgan fingerprint density at radius 3 is 2.88 bits per heavy atom. The van der Waals surface area contributed by atoms with Crippen LogP contribution >= 0.6 is 11.6 Å². The fourth-order valence-corrected chi connectivity index (χ4v) is 5.64. The maximum atomic E-state index is 13.1. The summed E-state index contributed by atoms with van der Waals surface area (Å²) in [6.07, 6.45) is 6.46. The second-order valence-corrected chi connectivity index (χ2v) is 9.45. The largest absolute Gasteiger partial charge is 0.423 e. The fraction of sp³-hybridized carbons (Fsp3) is 0.360. The van der Waals surface area contributed by atoms with Crippen molar-refractivity contribution in [1.29, 1.82) is 0 Å². The highest BCUT2D eigenvalue weighted by Crippen LogP contribution is 2.40. The van der Waals surface area contributed by atoms with Crippen molar-refractivity contribution in [2.24, 2.45) is 0 Å². The molecule has 0 radical (unpaired) electrons. The number of piperidine rings is 2. The zero-order valence-electron chi connectivity index (χ0n) is 17.8. The van der Waals surface area contributed by atoms with Crippen molar-refractivity contribution in [3.63, 3.8) is 0 Å². The molecule has 1 spiro atoms. The maximum Gasteiger partial charge on any atom is 0.298 e. The molecular formula is C25H25ClN4O2. The second kappa shape index (κ2) is 7.55. The first kappa shape index (κ1) is 19.7. The van der Waals surface area contributed by atoms with Crippen molar-refractivity contribution >= 4 is 45.5 Å². The van der Waals surface area contributed by atoms with E-state index >= 15 is 0 Å². The van der Waals surface area contributed by atoms with E-state index in [1.54, 1.807) is 0 Å². The Kier molecular flexibility index (Phi) is 4.65. The number of carbonyl (C=O) groups is 1. The van der Waals surface area contributed by atoms with E-state index in [1.807, 2.05) is 24.4 Å². The van der Waals surface area contributed by atoms with Crippen LogP contribution in [0.15, 0.2) is 53.1 Å². The molecular weight excluding hydrogens is 424 g/mol. The number of oxazole rings is 1. The zero-order valence-corrected chi connectivity index (χ0v) is 18.6. The molecule has 2 aliphatic heterocycles. The van der Waals surface area contributed by atoms with Gasteiger partial charge in [0.1, 0.15) is 5.52 Å². The smallest absolute Gasteiger partial charge is 0.298 e. The predicted octanol–water partition coefficient (Wildman–Crippen LogP) is 5.51. The first-order valence-electron chi connectivity index (χ1n) is 11.3. The highest BCUT2D eigenvalue weighted by molar-refractivity contribution is 6.31. The van der Waals surface area contributed by atoms with Crippen molar-refractivity contribution in [2.75, 3.05) is 18.0 Å². The molecule has 0 aliphatic carbocycles. The number of aromatic amines is 1. The molecule has 1 amide bonds. The Hall–Kier alpha value is -2.99. The highest BCUT2D eigenvalue weighted by atomic mass is 35.5. The summed E-state index contributed by atoms with van der Waals surface area (Å²) in [6, 6.07) is 14.6. The van der Waals surface area contributed by atoms with Gasteiger partial charge in [0, 0.05) is 59.8 Å². The van der Waals surface area contributed by atoms with Gasteiger partial charge in [-0.1, -0.05) is 23.7 Å². The second-order valence-electron chi connectivity index (χ2n) is 9.01. The summed E-state index contributed by atoms with van der Waals surface area (Å²) in [6.45, 7) is 2.30. The molecule has 4 heterocycles. The number of hydrogen-bond acceptors (Lipinski definition) is 4. The van der Waals surface area contributed by atoms with Crippen molar-refractivity contribution in [2.45, 2.75) is 44.2 Å². The molecule has 0 atom stereocenters. The Bertz CT molecular complexity index is 1300. The number of nitrogens with zero attached hydrogens (tertiary/aromatic N) is 3. The highest BCUT2D eigenvalue weighted by Gasteiger charge is 2.45. The van der Waals surface area contributed by atoms with Crippen LogP contribution in [-0.2, 0) is 11.3 Å². The van der Waals surface area contributed by atoms with Crippen LogP contribution in [-0.4, -0.2) is 39.4 Å². The van der Waals surface area contributed by atoms with Crippen LogP contribution in [0.1, 0.15) is 37.7 Å². The van der Waals surface area contributed by atoms with Gasteiger partial charge in [-0.3, -0.25) is 4.79 Å². The van der Waals surface area contributed by atoms with Crippen molar-refractivity contribution in [3.05, 3.63) is 59.2 Å². The molecule has 6 nitrogen and oxygen atoms in total. The van der Waals surface area contributed by atoms with Gasteiger partial charge in [-0.15, -0.1) is 0 Å². The van der Waals surface area contributed by atoms with E-state index < -0.39 is 0 Å². The molecule has 164 valence electrons. The van der Waals surface area contributed by atoms with Crippen LogP contribution in [0.4, 0.5) is 6.01 Å². The lowest BCUT2D eigenvalue weighted by molar-refractivity contribution is -0.144. The minimum absolute atomic E-state index is 0.0976. The number of rotatable bonds is 3. The van der Waals surface area contributed by atoms with E-state index in [-0.39, 0.29) is 11.4 Å². The Labute approximate surface area is 191 Å². The summed E-state index contributed by atoms with van der Waals surface area (Å²) in [5.74, 6) is 0.272. The summed E-state index contributed by atoms with van der Waals surface area (Å²) >= 11 is 6.10. The molecule has 32 heavy (non-hydrogen) atoms. The number of anilines is 1. The molecule has 2 aromatic carbocycles. The molecule has 6 rings (SSSR count). The van der Waals surface area contributed by atoms with Gasteiger partial charge in [-0.25, -0.2) is 0 Å². The lowest BCUT2D eigenvalue weighted by Crippen LogP contribution is -2.59. The topological polar surface area (TPSA) is 65.4 Å². The number of hydrogen-bond donors (Lipinski definition) is 1. The first-order valence-corrected chi connectivity index (χ1v) is 11.7. The number of fused-ring (bicyclic) bond motifs is 2. The summed E-state index contributed by atoms with van der Waals surface area (Å²) in [7, 11) is 0. The van der Waals surface area contributed by atoms with Gasteiger partial charge >= 0.3 is 0 Å². The van der Waals surface area contributed by atoms with Crippen molar-refractivity contribution in [3.8, 4) is 0 Å². The standard InChI is InChI=1S/C25H25ClN4O2/c26-18-6-7-21-22(15-18)32-24(28-21)29-13-10-25(11-14-29)9-2-5-23(31)30(25)16-17-3-1-4-20-19(17)8-12-27-20/h1,3-4,6-8,12,15,27H,2,5,9-11,13-14,16H2. The molecule has 2 saturated heterocycles. The maximum absolute atomic E-state index is 13.1. The van der Waals surface area contributed by atoms with E-state index in [9.17, 15) is 4.79 Å². The predicted molar refractivity (Wildman–Crippen MR) is 126 cm³/mol. The zero-order chi connectivity index (χ0) is 21.7. The minimum atomic E-state index is -0.0976. The van der Waals surface area contributed by atoms with E-state index in [2.05, 4.69) is 44.0 Å². The molecule has 4 aromatic rings. The summed E-state index contributed by atoms with van der Waals surface area (Å²) in [4.78, 5) is 25.4. The molecule has 0 unspecified atom stereocenters. The van der Waals surface area contributed by atoms with Crippen LogP contribution in [0.5, 0.6) is 0 Å². The number of likely N-dealkylation sites (tertiary alicyclic amines) is 1. The van der Waals surface area contributed by atoms with E-state index in [0.29, 0.717) is 29.6 Å². The molecule has 0 saturated carbocycles. The minimum Gasteiger partial charge on any atom is -0.423 e. The monoisotopic (exact) mass is 448 g/mol. The van der Waals surface area contributed by atoms with Gasteiger partial charge in [0.05, 0.1) is 0 Å². The van der Waals surface area contributed by atoms with Crippen molar-refractivity contribution < 1.29 is 9.21 Å². The van der Waals surface area contributed by atoms with Gasteiger partial charge in [0.25, 0.3) is 6.01 Å². The van der Waals surface area contributed by atoms with E-state index in [4.69, 9.17) is 16.0 Å². The third-order valence-electron chi connectivity index (χ3n) is 7.22. The SMILES string of the molecule is O=C1CCCC2(CCN(c3nc4ccc(Cl)cc4o3)CC2)N1Cc1cccc2[nH]ccc12. The average molecular weight is 449 g/mol. The Morgan fingerprint density at radius 2 is 2.00 bits per heavy atom. The van der Waals surface area contributed by atoms with Gasteiger partial charge in [0.15, 0.2) is 5.58 Å². The van der Waals surface area contributed by atoms with Gasteiger partial charge in [-0.2, -0.15) is 4.98 Å². The first-order chi connectivity index (χ1) is 15.6. The molecule has 7 heteroatoms. The van der Waals surface area contributed by atoms with Crippen LogP contribution in [0.3, 0.4) is 0 Å². The summed E-state index contributed by atoms with van der Waals surface area (Å²) in [5.41, 5.74) is 3.75. The summed E-state index contributed by atoms with van der Waals surface area (Å²) < 4.78 is 5.99. The molecule has 1 N–H and O–H groups in total. The molecule has 0 bridgehead atoms. The summed E-state index contributed by atoms with van der Waals surface area (Å²) in [5, 5.41) is 1.84. The number of nitrogens with one attached hydrogen (secondary N) is 1. The normalized spacial score (nSPS) is 18.8. The number of benzene rings is 2. The Morgan fingerprint density at radius 1 is 1.12 bits per heavy atom. The quantitative estimate of drug-likeness (QED) is 0.448. The van der Waals surface area contributed by atoms with E-state index in [0.717, 1.165) is 49.8 Å². The third kappa shape index (κ3) is 3.25. The van der Waals surface area contributed by atoms with Gasteiger partial charge in [-0.05, 0) is 55.5 Å². The average Bonchev–Trinajstić information content (AvgIpc) is 3.44. The van der Waals surface area contributed by atoms with Crippen LogP contribution in [0.25, 0.3) is 22.0 Å². The lowest BCUT2D eigenvalue weighted by Gasteiger charge is -2.51. The van der Waals surface area contributed by atoms with Crippen molar-refractivity contribution in [1.82, 2.24) is 14.9 Å². The number of amides is 1. The van der Waals surface area contributed by atoms with Crippen LogP contribution < -0.4 is 4.90 Å². The molecule has 2 aromatic heterocycles. The van der Waals surface area contributed by atoms with Crippen LogP contribution in [0, 0.1) is 0 Å². The lowest BCUT2D eigenvalue weighted by atomic mass is 9.78. The van der Waals surface area contributed by atoms with Gasteiger partial charge < -0.3 is 19.2 Å². The van der Waals surface area contributed by atoms with Crippen LogP contribution in [0.2, 0.25) is 5.02 Å². The fourth-order valence-electron chi connectivity index (χ4n) is 5.47.